The van der Waals surface area contributed by atoms with Gasteiger partial charge in [-0.15, -0.1) is 0 Å². The van der Waals surface area contributed by atoms with Gasteiger partial charge < -0.3 is 29.0 Å². The number of methoxy groups -OCH3 is 1. The first-order chi connectivity index (χ1) is 24.3. The Balaban J connectivity index is 0.000000563. The number of β-amino-alcohol motifs (C(OH)–C–C–N with tert-alkyl or cyclic N) is 1. The van der Waals surface area contributed by atoms with Crippen LogP contribution < -0.4 is 9.47 Å². The van der Waals surface area contributed by atoms with Crippen LogP contribution in [0.4, 0.5) is 26.3 Å². The predicted molar refractivity (Wildman–Crippen MR) is 173 cm³/mol. The maximum atomic E-state index is 13.7. The average Bonchev–Trinajstić information content (AvgIpc) is 3.11. The van der Waals surface area contributed by atoms with Gasteiger partial charge in [0.2, 0.25) is 0 Å². The normalized spacial score (nSPS) is 15.9. The molecule has 0 radical (unpaired) electrons. The van der Waals surface area contributed by atoms with E-state index >= 15 is 0 Å². The number of halogens is 6. The minimum absolute atomic E-state index is 0.0378. The number of benzene rings is 2. The van der Waals surface area contributed by atoms with Gasteiger partial charge in [-0.3, -0.25) is 14.6 Å². The molecule has 0 unspecified atom stereocenters. The van der Waals surface area contributed by atoms with E-state index in [1.165, 1.54) is 20.4 Å². The third kappa shape index (κ3) is 11.8. The number of nitrogens with zero attached hydrogens (tertiary/aromatic N) is 5. The standard InChI is InChI=1S/C28H28F6N4O4.C6H13NO2/c1-37(17-18-13-19(27(29,30)31)15-20(14-18)28(32,33)34)25(39)24-22(21-5-3-4-6-23(21)40-2)16-35-26(36-24)42-12-9-38-7-10-41-11-8-38;8-4-1-7-2-5-9-6-3-7/h3-6,13-16H,7-12,17H2,1-2H3;8H,1-6H2. The quantitative estimate of drug-likeness (QED) is 0.284. The van der Waals surface area contributed by atoms with Crippen molar-refractivity contribution >= 4 is 5.91 Å². The van der Waals surface area contributed by atoms with Crippen LogP contribution in [0.3, 0.4) is 0 Å². The number of para-hydroxylation sites is 1. The molecule has 0 aliphatic carbocycles. The van der Waals surface area contributed by atoms with E-state index in [4.69, 9.17) is 24.1 Å². The van der Waals surface area contributed by atoms with Gasteiger partial charge in [-0.2, -0.15) is 31.3 Å². The minimum Gasteiger partial charge on any atom is -0.496 e. The molecule has 2 saturated heterocycles. The van der Waals surface area contributed by atoms with E-state index in [2.05, 4.69) is 19.8 Å². The highest BCUT2D eigenvalue weighted by Crippen LogP contribution is 2.37. The molecule has 3 aromatic rings. The van der Waals surface area contributed by atoms with Crippen LogP contribution in [-0.4, -0.2) is 129 Å². The molecule has 3 heterocycles. The largest absolute Gasteiger partial charge is 0.496 e. The van der Waals surface area contributed by atoms with Crippen LogP contribution in [0.25, 0.3) is 11.1 Å². The van der Waals surface area contributed by atoms with E-state index in [0.29, 0.717) is 43.2 Å². The number of hydrogen-bond acceptors (Lipinski definition) is 10. The van der Waals surface area contributed by atoms with Crippen LogP contribution in [0, 0.1) is 0 Å². The van der Waals surface area contributed by atoms with E-state index in [1.54, 1.807) is 24.3 Å². The Kier molecular flexibility index (Phi) is 14.4. The number of rotatable bonds is 11. The number of carbonyl (C=O) groups excluding carboxylic acids is 1. The van der Waals surface area contributed by atoms with Gasteiger partial charge in [-0.05, 0) is 29.8 Å². The van der Waals surface area contributed by atoms with Gasteiger partial charge in [0, 0.05) is 70.2 Å². The van der Waals surface area contributed by atoms with E-state index in [0.717, 1.165) is 50.8 Å². The molecule has 0 spiro atoms. The molecule has 0 bridgehead atoms. The molecule has 17 heteroatoms. The van der Waals surface area contributed by atoms with E-state index in [-0.39, 0.29) is 42.1 Å². The summed E-state index contributed by atoms with van der Waals surface area (Å²) in [6.45, 7) is 7.52. The smallest absolute Gasteiger partial charge is 0.416 e. The number of alkyl halides is 6. The predicted octanol–water partition coefficient (Wildman–Crippen LogP) is 4.48. The zero-order valence-corrected chi connectivity index (χ0v) is 28.3. The SMILES string of the molecule is COc1ccccc1-c1cnc(OCCN2CCOCC2)nc1C(=O)N(C)Cc1cc(C(F)(F)F)cc(C(F)(F)F)c1.OCCN1CCOCC1. The monoisotopic (exact) mass is 729 g/mol. The first kappa shape index (κ1) is 39.8. The van der Waals surface area contributed by atoms with Crippen molar-refractivity contribution in [3.8, 4) is 22.9 Å². The van der Waals surface area contributed by atoms with Gasteiger partial charge in [0.15, 0.2) is 0 Å². The lowest BCUT2D eigenvalue weighted by molar-refractivity contribution is -0.143. The number of aliphatic hydroxyl groups excluding tert-OH is 1. The van der Waals surface area contributed by atoms with Crippen molar-refractivity contribution in [3.05, 3.63) is 71.0 Å². The molecule has 280 valence electrons. The van der Waals surface area contributed by atoms with E-state index in [9.17, 15) is 31.1 Å². The van der Waals surface area contributed by atoms with Crippen molar-refractivity contribution in [1.82, 2.24) is 24.7 Å². The average molecular weight is 730 g/mol. The first-order valence-electron chi connectivity index (χ1n) is 16.2. The highest BCUT2D eigenvalue weighted by molar-refractivity contribution is 5.99. The van der Waals surface area contributed by atoms with E-state index in [1.807, 2.05) is 0 Å². The first-order valence-corrected chi connectivity index (χ1v) is 16.2. The van der Waals surface area contributed by atoms with Gasteiger partial charge in [-0.1, -0.05) is 18.2 Å². The highest BCUT2D eigenvalue weighted by atomic mass is 19.4. The molecule has 1 N–H and O–H groups in total. The molecule has 2 fully saturated rings. The molecule has 1 aromatic heterocycles. The summed E-state index contributed by atoms with van der Waals surface area (Å²) < 4.78 is 102. The molecule has 51 heavy (non-hydrogen) atoms. The molecule has 5 rings (SSSR count). The molecular weight excluding hydrogens is 688 g/mol. The molecule has 0 saturated carbocycles. The third-order valence-electron chi connectivity index (χ3n) is 8.04. The molecule has 0 atom stereocenters. The number of ether oxygens (including phenoxy) is 4. The molecular formula is C34H41F6N5O6. The van der Waals surface area contributed by atoms with Crippen LogP contribution in [0.1, 0.15) is 27.2 Å². The summed E-state index contributed by atoms with van der Waals surface area (Å²) in [7, 11) is 2.69. The van der Waals surface area contributed by atoms with Crippen molar-refractivity contribution in [2.24, 2.45) is 0 Å². The van der Waals surface area contributed by atoms with Crippen LogP contribution in [0.15, 0.2) is 48.7 Å². The summed E-state index contributed by atoms with van der Waals surface area (Å²) in [4.78, 5) is 27.5. The Morgan fingerprint density at radius 3 is 2.00 bits per heavy atom. The number of aromatic nitrogens is 2. The van der Waals surface area contributed by atoms with Gasteiger partial charge in [-0.25, -0.2) is 4.98 Å². The van der Waals surface area contributed by atoms with Crippen molar-refractivity contribution in [1.29, 1.82) is 0 Å². The molecule has 2 aromatic carbocycles. The van der Waals surface area contributed by atoms with Crippen molar-refractivity contribution in [2.75, 3.05) is 93.1 Å². The highest BCUT2D eigenvalue weighted by Gasteiger charge is 2.37. The Bertz CT molecular complexity index is 1530. The lowest BCUT2D eigenvalue weighted by atomic mass is 10.0. The van der Waals surface area contributed by atoms with Crippen LogP contribution in [-0.2, 0) is 28.4 Å². The fraction of sp³-hybridized carbons (Fsp3) is 0.500. The summed E-state index contributed by atoms with van der Waals surface area (Å²) in [5.74, 6) is -0.381. The molecule has 2 aliphatic rings. The van der Waals surface area contributed by atoms with Gasteiger partial charge in [0.25, 0.3) is 5.91 Å². The lowest BCUT2D eigenvalue weighted by Crippen LogP contribution is -2.38. The zero-order chi connectivity index (χ0) is 37.0. The summed E-state index contributed by atoms with van der Waals surface area (Å²) >= 11 is 0. The van der Waals surface area contributed by atoms with Crippen molar-refractivity contribution in [3.63, 3.8) is 0 Å². The van der Waals surface area contributed by atoms with Crippen molar-refractivity contribution < 1.29 is 55.2 Å². The maximum Gasteiger partial charge on any atom is 0.416 e. The van der Waals surface area contributed by atoms with Gasteiger partial charge >= 0.3 is 18.4 Å². The number of morpholine rings is 2. The summed E-state index contributed by atoms with van der Waals surface area (Å²) in [5.41, 5.74) is -2.77. The summed E-state index contributed by atoms with van der Waals surface area (Å²) in [6.07, 6.45) is -8.67. The van der Waals surface area contributed by atoms with Crippen molar-refractivity contribution in [2.45, 2.75) is 18.9 Å². The fourth-order valence-corrected chi connectivity index (χ4v) is 5.36. The van der Waals surface area contributed by atoms with Gasteiger partial charge in [0.1, 0.15) is 18.1 Å². The molecule has 1 amide bonds. The lowest BCUT2D eigenvalue weighted by Gasteiger charge is -2.26. The van der Waals surface area contributed by atoms with E-state index < -0.39 is 35.9 Å². The fourth-order valence-electron chi connectivity index (χ4n) is 5.36. The number of amides is 1. The second-order valence-electron chi connectivity index (χ2n) is 11.7. The Hall–Kier alpha value is -4.03. The molecule has 11 nitrogen and oxygen atoms in total. The summed E-state index contributed by atoms with van der Waals surface area (Å²) in [6, 6.07) is 7.82. The minimum atomic E-state index is -5.02. The maximum absolute atomic E-state index is 13.7. The second-order valence-corrected chi connectivity index (χ2v) is 11.7. The number of hydrogen-bond donors (Lipinski definition) is 1. The van der Waals surface area contributed by atoms with Gasteiger partial charge in [0.05, 0.1) is 51.3 Å². The Morgan fingerprint density at radius 2 is 1.45 bits per heavy atom. The van der Waals surface area contributed by atoms with Crippen LogP contribution >= 0.6 is 0 Å². The van der Waals surface area contributed by atoms with Crippen LogP contribution in [0.2, 0.25) is 0 Å². The Morgan fingerprint density at radius 1 is 0.882 bits per heavy atom. The zero-order valence-electron chi connectivity index (χ0n) is 28.3. The molecule has 2 aliphatic heterocycles. The van der Waals surface area contributed by atoms with Crippen LogP contribution in [0.5, 0.6) is 11.8 Å². The number of carbonyl (C=O) groups is 1. The third-order valence-corrected chi connectivity index (χ3v) is 8.04. The summed E-state index contributed by atoms with van der Waals surface area (Å²) in [5, 5.41) is 8.54. The number of aliphatic hydroxyl groups is 1. The topological polar surface area (TPSA) is 110 Å². The second kappa shape index (κ2) is 18.5. The Labute approximate surface area is 291 Å².